The molecule has 0 radical (unpaired) electrons. The lowest BCUT2D eigenvalue weighted by Gasteiger charge is -2.17. The molecule has 0 bridgehead atoms. The molecule has 0 aliphatic rings. The topological polar surface area (TPSA) is 150 Å². The minimum Gasteiger partial charge on any atom is -0.508 e. The molecule has 168 valence electrons. The highest BCUT2D eigenvalue weighted by atomic mass is 16.5. The van der Waals surface area contributed by atoms with Crippen molar-refractivity contribution in [3.63, 3.8) is 0 Å². The van der Waals surface area contributed by atoms with Gasteiger partial charge in [0.1, 0.15) is 17.3 Å². The lowest BCUT2D eigenvalue weighted by atomic mass is 10.2. The minimum absolute atomic E-state index is 0.0387. The minimum atomic E-state index is -0.467. The average Bonchev–Trinajstić information content (AvgIpc) is 2.78. The Kier molecular flexibility index (Phi) is 7.17. The number of benzene rings is 2. The molecule has 0 amide bonds. The van der Waals surface area contributed by atoms with Gasteiger partial charge in [0.25, 0.3) is 5.56 Å². The van der Waals surface area contributed by atoms with Crippen LogP contribution in [0.5, 0.6) is 11.5 Å². The molecule has 3 aromatic rings. The maximum absolute atomic E-state index is 13.3. The van der Waals surface area contributed by atoms with Crippen molar-refractivity contribution in [2.45, 2.75) is 13.1 Å². The SMILES string of the molecule is COc1ccc(Cn2c(=O)cc(NCCN=C(N)N)n(Cc3ccc(O)cc3)c2=O)cc1. The molecular formula is C22H26N6O4. The van der Waals surface area contributed by atoms with Crippen LogP contribution in [0.3, 0.4) is 0 Å². The number of hydrogen-bond acceptors (Lipinski definition) is 6. The van der Waals surface area contributed by atoms with Gasteiger partial charge in [-0.2, -0.15) is 0 Å². The van der Waals surface area contributed by atoms with Crippen molar-refractivity contribution < 1.29 is 9.84 Å². The fourth-order valence-corrected chi connectivity index (χ4v) is 3.13. The summed E-state index contributed by atoms with van der Waals surface area (Å²) in [4.78, 5) is 30.0. The zero-order chi connectivity index (χ0) is 23.1. The summed E-state index contributed by atoms with van der Waals surface area (Å²) in [7, 11) is 1.57. The monoisotopic (exact) mass is 438 g/mol. The molecule has 0 atom stereocenters. The molecule has 10 nitrogen and oxygen atoms in total. The number of nitrogens with zero attached hydrogens (tertiary/aromatic N) is 3. The van der Waals surface area contributed by atoms with Crippen LogP contribution in [-0.4, -0.2) is 40.4 Å². The quantitative estimate of drug-likeness (QED) is 0.216. The van der Waals surface area contributed by atoms with E-state index in [2.05, 4.69) is 10.3 Å². The van der Waals surface area contributed by atoms with Gasteiger partial charge in [-0.1, -0.05) is 24.3 Å². The average molecular weight is 438 g/mol. The molecule has 0 aliphatic heterocycles. The van der Waals surface area contributed by atoms with E-state index in [1.165, 1.54) is 15.2 Å². The van der Waals surface area contributed by atoms with Gasteiger partial charge in [0.15, 0.2) is 5.96 Å². The molecule has 10 heteroatoms. The highest BCUT2D eigenvalue weighted by Crippen LogP contribution is 2.14. The van der Waals surface area contributed by atoms with Gasteiger partial charge in [-0.25, -0.2) is 4.79 Å². The van der Waals surface area contributed by atoms with Gasteiger partial charge in [-0.3, -0.25) is 18.9 Å². The van der Waals surface area contributed by atoms with Crippen LogP contribution >= 0.6 is 0 Å². The van der Waals surface area contributed by atoms with Gasteiger partial charge < -0.3 is 26.6 Å². The van der Waals surface area contributed by atoms with E-state index in [1.807, 2.05) is 0 Å². The van der Waals surface area contributed by atoms with Crippen molar-refractivity contribution in [2.24, 2.45) is 16.5 Å². The first kappa shape index (κ1) is 22.5. The normalized spacial score (nSPS) is 10.5. The lowest BCUT2D eigenvalue weighted by molar-refractivity contribution is 0.414. The Morgan fingerprint density at radius 3 is 2.19 bits per heavy atom. The Morgan fingerprint density at radius 2 is 1.59 bits per heavy atom. The van der Waals surface area contributed by atoms with Crippen LogP contribution in [0.15, 0.2) is 69.2 Å². The Morgan fingerprint density at radius 1 is 1.00 bits per heavy atom. The molecule has 0 unspecified atom stereocenters. The van der Waals surface area contributed by atoms with Gasteiger partial charge in [0, 0.05) is 12.6 Å². The number of aromatic hydroxyl groups is 1. The maximum atomic E-state index is 13.3. The van der Waals surface area contributed by atoms with Crippen molar-refractivity contribution in [1.82, 2.24) is 9.13 Å². The van der Waals surface area contributed by atoms with E-state index >= 15 is 0 Å². The number of nitrogens with two attached hydrogens (primary N) is 2. The highest BCUT2D eigenvalue weighted by Gasteiger charge is 2.13. The fourth-order valence-electron chi connectivity index (χ4n) is 3.13. The summed E-state index contributed by atoms with van der Waals surface area (Å²) in [5.74, 6) is 1.13. The summed E-state index contributed by atoms with van der Waals surface area (Å²) in [6, 6.07) is 15.0. The molecule has 1 heterocycles. The fraction of sp³-hybridized carbons (Fsp3) is 0.227. The molecule has 32 heavy (non-hydrogen) atoms. The van der Waals surface area contributed by atoms with Crippen molar-refractivity contribution in [3.8, 4) is 11.5 Å². The molecule has 0 saturated carbocycles. The number of hydrogen-bond donors (Lipinski definition) is 4. The first-order valence-corrected chi connectivity index (χ1v) is 9.92. The van der Waals surface area contributed by atoms with Crippen LogP contribution in [0.4, 0.5) is 5.82 Å². The second-order valence-electron chi connectivity index (χ2n) is 7.07. The van der Waals surface area contributed by atoms with Crippen molar-refractivity contribution in [2.75, 3.05) is 25.5 Å². The Balaban J connectivity index is 1.96. The predicted octanol–water partition coefficient (Wildman–Crippen LogP) is 0.506. The van der Waals surface area contributed by atoms with Gasteiger partial charge >= 0.3 is 5.69 Å². The van der Waals surface area contributed by atoms with Gasteiger partial charge in [0.2, 0.25) is 0 Å². The number of nitrogens with one attached hydrogen (secondary N) is 1. The van der Waals surface area contributed by atoms with E-state index in [0.717, 1.165) is 11.1 Å². The van der Waals surface area contributed by atoms with Gasteiger partial charge in [-0.05, 0) is 35.4 Å². The Bertz CT molecular complexity index is 1190. The summed E-state index contributed by atoms with van der Waals surface area (Å²) in [6.07, 6.45) is 0. The maximum Gasteiger partial charge on any atom is 0.333 e. The summed E-state index contributed by atoms with van der Waals surface area (Å²) in [5, 5.41) is 12.6. The standard InChI is InChI=1S/C22H26N6O4/c1-32-18-8-4-16(5-9-18)14-28-20(30)12-19(25-10-11-26-21(23)24)27(22(28)31)13-15-2-6-17(29)7-3-15/h2-9,12,25,29H,10-11,13-14H2,1H3,(H4,23,24,26). The molecule has 6 N–H and O–H groups in total. The van der Waals surface area contributed by atoms with Crippen molar-refractivity contribution in [1.29, 1.82) is 0 Å². The zero-order valence-corrected chi connectivity index (χ0v) is 17.7. The van der Waals surface area contributed by atoms with Crippen LogP contribution in [0.2, 0.25) is 0 Å². The Hall–Kier alpha value is -4.21. The summed E-state index contributed by atoms with van der Waals surface area (Å²) < 4.78 is 7.79. The second kappa shape index (κ2) is 10.2. The number of aromatic nitrogens is 2. The molecule has 0 spiro atoms. The lowest BCUT2D eigenvalue weighted by Crippen LogP contribution is -2.41. The predicted molar refractivity (Wildman–Crippen MR) is 123 cm³/mol. The number of ether oxygens (including phenoxy) is 1. The molecule has 2 aromatic carbocycles. The third kappa shape index (κ3) is 5.69. The van der Waals surface area contributed by atoms with Gasteiger partial charge in [-0.15, -0.1) is 0 Å². The summed E-state index contributed by atoms with van der Waals surface area (Å²) in [6.45, 7) is 0.928. The second-order valence-corrected chi connectivity index (χ2v) is 7.07. The van der Waals surface area contributed by atoms with Gasteiger partial charge in [0.05, 0.1) is 26.7 Å². The Labute approximate surface area is 184 Å². The van der Waals surface area contributed by atoms with E-state index in [1.54, 1.807) is 55.6 Å². The highest BCUT2D eigenvalue weighted by molar-refractivity contribution is 5.75. The van der Waals surface area contributed by atoms with E-state index in [-0.39, 0.29) is 31.3 Å². The smallest absolute Gasteiger partial charge is 0.333 e. The van der Waals surface area contributed by atoms with E-state index in [0.29, 0.717) is 18.1 Å². The van der Waals surface area contributed by atoms with Crippen molar-refractivity contribution in [3.05, 3.63) is 86.6 Å². The van der Waals surface area contributed by atoms with Crippen molar-refractivity contribution >= 4 is 11.8 Å². The molecule has 0 fully saturated rings. The number of methoxy groups -OCH3 is 1. The van der Waals surface area contributed by atoms with Crippen LogP contribution < -0.4 is 32.8 Å². The molecule has 0 saturated heterocycles. The number of phenols is 1. The van der Waals surface area contributed by atoms with E-state index in [4.69, 9.17) is 16.2 Å². The number of phenolic OH excluding ortho intramolecular Hbond substituents is 1. The molecular weight excluding hydrogens is 412 g/mol. The molecule has 1 aromatic heterocycles. The molecule has 3 rings (SSSR count). The number of rotatable bonds is 9. The first-order chi connectivity index (χ1) is 15.4. The largest absolute Gasteiger partial charge is 0.508 e. The van der Waals surface area contributed by atoms with Crippen LogP contribution in [0.25, 0.3) is 0 Å². The number of guanidine groups is 1. The number of anilines is 1. The third-order valence-electron chi connectivity index (χ3n) is 4.77. The van der Waals surface area contributed by atoms with Crippen LogP contribution in [0.1, 0.15) is 11.1 Å². The van der Waals surface area contributed by atoms with Crippen LogP contribution in [-0.2, 0) is 13.1 Å². The van der Waals surface area contributed by atoms with E-state index in [9.17, 15) is 14.7 Å². The molecule has 0 aliphatic carbocycles. The first-order valence-electron chi connectivity index (χ1n) is 9.92. The zero-order valence-electron chi connectivity index (χ0n) is 17.7. The summed E-state index contributed by atoms with van der Waals surface area (Å²) in [5.41, 5.74) is 11.3. The van der Waals surface area contributed by atoms with E-state index < -0.39 is 11.2 Å². The van der Waals surface area contributed by atoms with Crippen LogP contribution in [0, 0.1) is 0 Å². The number of aliphatic imine (C=N–C) groups is 1. The summed E-state index contributed by atoms with van der Waals surface area (Å²) >= 11 is 0. The third-order valence-corrected chi connectivity index (χ3v) is 4.77.